The first-order valence-corrected chi connectivity index (χ1v) is 7.53. The largest absolute Gasteiger partial charge is 0.330 e. The van der Waals surface area contributed by atoms with Crippen LogP contribution in [0, 0.1) is 5.92 Å². The standard InChI is InChI=1S/C16H24N4/c1-12-7-8-13(9-17)10-20(12)11-15-14-5-3-4-6-16(14)19(2)18-15/h3-6,12-13H,7-11,17H2,1-2H3. The number of aryl methyl sites for hydroxylation is 1. The van der Waals surface area contributed by atoms with Gasteiger partial charge in [0.25, 0.3) is 0 Å². The number of rotatable bonds is 3. The molecule has 0 spiro atoms. The van der Waals surface area contributed by atoms with Crippen molar-refractivity contribution in [2.75, 3.05) is 13.1 Å². The second kappa shape index (κ2) is 5.54. The highest BCUT2D eigenvalue weighted by Crippen LogP contribution is 2.25. The first kappa shape index (κ1) is 13.6. The maximum atomic E-state index is 5.85. The number of nitrogens with zero attached hydrogens (tertiary/aromatic N) is 3. The predicted octanol–water partition coefficient (Wildman–Crippen LogP) is 2.13. The first-order valence-electron chi connectivity index (χ1n) is 7.53. The summed E-state index contributed by atoms with van der Waals surface area (Å²) in [7, 11) is 2.02. The highest BCUT2D eigenvalue weighted by molar-refractivity contribution is 5.81. The molecule has 1 aromatic heterocycles. The van der Waals surface area contributed by atoms with Crippen molar-refractivity contribution in [3.8, 4) is 0 Å². The molecule has 4 nitrogen and oxygen atoms in total. The Morgan fingerprint density at radius 1 is 1.30 bits per heavy atom. The average Bonchev–Trinajstić information content (AvgIpc) is 2.78. The van der Waals surface area contributed by atoms with Crippen LogP contribution in [0.15, 0.2) is 24.3 Å². The van der Waals surface area contributed by atoms with Crippen molar-refractivity contribution in [1.82, 2.24) is 14.7 Å². The number of hydrogen-bond donors (Lipinski definition) is 1. The topological polar surface area (TPSA) is 47.1 Å². The zero-order valence-corrected chi connectivity index (χ0v) is 12.4. The van der Waals surface area contributed by atoms with Gasteiger partial charge in [0, 0.05) is 31.6 Å². The summed E-state index contributed by atoms with van der Waals surface area (Å²) >= 11 is 0. The molecule has 1 aromatic carbocycles. The quantitative estimate of drug-likeness (QED) is 0.931. The summed E-state index contributed by atoms with van der Waals surface area (Å²) < 4.78 is 1.99. The van der Waals surface area contributed by atoms with E-state index < -0.39 is 0 Å². The van der Waals surface area contributed by atoms with E-state index in [1.165, 1.54) is 29.4 Å². The van der Waals surface area contributed by atoms with Crippen LogP contribution in [0.4, 0.5) is 0 Å². The molecule has 1 aliphatic heterocycles. The molecule has 0 saturated carbocycles. The van der Waals surface area contributed by atoms with Gasteiger partial charge in [0.1, 0.15) is 0 Å². The molecule has 1 aliphatic rings. The van der Waals surface area contributed by atoms with Gasteiger partial charge in [0.2, 0.25) is 0 Å². The average molecular weight is 272 g/mol. The number of likely N-dealkylation sites (tertiary alicyclic amines) is 1. The van der Waals surface area contributed by atoms with Crippen LogP contribution < -0.4 is 5.73 Å². The Morgan fingerprint density at radius 2 is 2.10 bits per heavy atom. The van der Waals surface area contributed by atoms with Gasteiger partial charge in [-0.1, -0.05) is 18.2 Å². The molecule has 108 valence electrons. The third kappa shape index (κ3) is 2.45. The minimum absolute atomic E-state index is 0.624. The van der Waals surface area contributed by atoms with Crippen molar-refractivity contribution in [3.63, 3.8) is 0 Å². The lowest BCUT2D eigenvalue weighted by molar-refractivity contribution is 0.112. The van der Waals surface area contributed by atoms with Gasteiger partial charge in [-0.15, -0.1) is 0 Å². The van der Waals surface area contributed by atoms with Gasteiger partial charge in [0.05, 0.1) is 11.2 Å². The van der Waals surface area contributed by atoms with Crippen LogP contribution >= 0.6 is 0 Å². The Hall–Kier alpha value is -1.39. The van der Waals surface area contributed by atoms with E-state index in [2.05, 4.69) is 36.1 Å². The summed E-state index contributed by atoms with van der Waals surface area (Å²) in [6.07, 6.45) is 2.50. The van der Waals surface area contributed by atoms with Gasteiger partial charge >= 0.3 is 0 Å². The predicted molar refractivity (Wildman–Crippen MR) is 82.4 cm³/mol. The molecule has 0 aliphatic carbocycles. The molecule has 1 fully saturated rings. The highest BCUT2D eigenvalue weighted by atomic mass is 15.3. The van der Waals surface area contributed by atoms with E-state index in [1.807, 2.05) is 11.7 Å². The molecule has 2 N–H and O–H groups in total. The van der Waals surface area contributed by atoms with E-state index in [-0.39, 0.29) is 0 Å². The van der Waals surface area contributed by atoms with Crippen molar-refractivity contribution in [3.05, 3.63) is 30.0 Å². The summed E-state index contributed by atoms with van der Waals surface area (Å²) in [5, 5.41) is 5.99. The van der Waals surface area contributed by atoms with Crippen LogP contribution in [0.2, 0.25) is 0 Å². The summed E-state index contributed by atoms with van der Waals surface area (Å²) in [6.45, 7) is 5.14. The van der Waals surface area contributed by atoms with Crippen molar-refractivity contribution in [2.45, 2.75) is 32.4 Å². The fraction of sp³-hybridized carbons (Fsp3) is 0.562. The van der Waals surface area contributed by atoms with Crippen LogP contribution in [0.25, 0.3) is 10.9 Å². The monoisotopic (exact) mass is 272 g/mol. The van der Waals surface area contributed by atoms with Gasteiger partial charge in [0.15, 0.2) is 0 Å². The van der Waals surface area contributed by atoms with Gasteiger partial charge in [-0.25, -0.2) is 0 Å². The molecule has 0 bridgehead atoms. The number of piperidine rings is 1. The molecule has 2 heterocycles. The molecule has 0 amide bonds. The fourth-order valence-electron chi connectivity index (χ4n) is 3.27. The Balaban J connectivity index is 1.85. The zero-order valence-electron chi connectivity index (χ0n) is 12.4. The number of hydrogen-bond acceptors (Lipinski definition) is 3. The zero-order chi connectivity index (χ0) is 14.1. The lowest BCUT2D eigenvalue weighted by Crippen LogP contribution is -2.43. The summed E-state index contributed by atoms with van der Waals surface area (Å²) in [5.41, 5.74) is 8.25. The van der Waals surface area contributed by atoms with Crippen LogP contribution in [-0.4, -0.2) is 33.8 Å². The van der Waals surface area contributed by atoms with E-state index in [0.29, 0.717) is 12.0 Å². The second-order valence-electron chi connectivity index (χ2n) is 6.04. The van der Waals surface area contributed by atoms with E-state index in [9.17, 15) is 0 Å². The molecule has 2 atom stereocenters. The lowest BCUT2D eigenvalue weighted by atomic mass is 9.93. The molecular formula is C16H24N4. The molecule has 20 heavy (non-hydrogen) atoms. The smallest absolute Gasteiger partial charge is 0.0843 e. The molecule has 1 saturated heterocycles. The Morgan fingerprint density at radius 3 is 2.90 bits per heavy atom. The van der Waals surface area contributed by atoms with Gasteiger partial charge in [-0.05, 0) is 38.3 Å². The number of nitrogens with two attached hydrogens (primary N) is 1. The fourth-order valence-corrected chi connectivity index (χ4v) is 3.27. The maximum Gasteiger partial charge on any atom is 0.0843 e. The van der Waals surface area contributed by atoms with Crippen molar-refractivity contribution >= 4 is 10.9 Å². The third-order valence-corrected chi connectivity index (χ3v) is 4.63. The van der Waals surface area contributed by atoms with Crippen molar-refractivity contribution in [1.29, 1.82) is 0 Å². The van der Waals surface area contributed by atoms with Crippen LogP contribution in [0.1, 0.15) is 25.5 Å². The minimum Gasteiger partial charge on any atom is -0.330 e. The second-order valence-corrected chi connectivity index (χ2v) is 6.04. The highest BCUT2D eigenvalue weighted by Gasteiger charge is 2.25. The third-order valence-electron chi connectivity index (χ3n) is 4.63. The number of fused-ring (bicyclic) bond motifs is 1. The van der Waals surface area contributed by atoms with Gasteiger partial charge in [-0.3, -0.25) is 9.58 Å². The molecule has 3 rings (SSSR count). The molecular weight excluding hydrogens is 248 g/mol. The van der Waals surface area contributed by atoms with Crippen LogP contribution in [-0.2, 0) is 13.6 Å². The summed E-state index contributed by atoms with van der Waals surface area (Å²) in [4.78, 5) is 2.54. The Labute approximate surface area is 120 Å². The number of aromatic nitrogens is 2. The maximum absolute atomic E-state index is 5.85. The normalized spacial score (nSPS) is 24.4. The Bertz CT molecular complexity index is 589. The SMILES string of the molecule is CC1CCC(CN)CN1Cc1nn(C)c2ccccc12. The molecule has 2 unspecified atom stereocenters. The minimum atomic E-state index is 0.624. The van der Waals surface area contributed by atoms with E-state index in [0.717, 1.165) is 19.6 Å². The van der Waals surface area contributed by atoms with E-state index in [1.54, 1.807) is 0 Å². The lowest BCUT2D eigenvalue weighted by Gasteiger charge is -2.37. The first-order chi connectivity index (χ1) is 9.69. The number of para-hydroxylation sites is 1. The van der Waals surface area contributed by atoms with Crippen molar-refractivity contribution < 1.29 is 0 Å². The summed E-state index contributed by atoms with van der Waals surface area (Å²) in [6, 6.07) is 9.09. The van der Waals surface area contributed by atoms with E-state index in [4.69, 9.17) is 10.8 Å². The van der Waals surface area contributed by atoms with Crippen LogP contribution in [0.5, 0.6) is 0 Å². The van der Waals surface area contributed by atoms with Crippen molar-refractivity contribution in [2.24, 2.45) is 18.7 Å². The van der Waals surface area contributed by atoms with Gasteiger partial charge < -0.3 is 5.73 Å². The number of benzene rings is 1. The Kier molecular flexibility index (Phi) is 3.76. The molecule has 0 radical (unpaired) electrons. The van der Waals surface area contributed by atoms with Crippen LogP contribution in [0.3, 0.4) is 0 Å². The molecule has 4 heteroatoms. The summed E-state index contributed by atoms with van der Waals surface area (Å²) in [5.74, 6) is 0.640. The van der Waals surface area contributed by atoms with Gasteiger partial charge in [-0.2, -0.15) is 5.10 Å². The molecule has 2 aromatic rings. The van der Waals surface area contributed by atoms with E-state index >= 15 is 0 Å².